The number of hydrogen-bond acceptors (Lipinski definition) is 2. The van der Waals surface area contributed by atoms with Gasteiger partial charge in [0.2, 0.25) is 0 Å². The Bertz CT molecular complexity index is 370. The molecule has 1 N–H and O–H groups in total. The van der Waals surface area contributed by atoms with Crippen LogP contribution in [0.4, 0.5) is 8.78 Å². The van der Waals surface area contributed by atoms with Crippen LogP contribution in [0, 0.1) is 0 Å². The Kier molecular flexibility index (Phi) is 5.28. The lowest BCUT2D eigenvalue weighted by Gasteiger charge is -2.28. The van der Waals surface area contributed by atoms with Crippen molar-refractivity contribution in [1.29, 1.82) is 0 Å². The molecule has 2 nitrogen and oxygen atoms in total. The summed E-state index contributed by atoms with van der Waals surface area (Å²) in [6.45, 7) is 3.52. The van der Waals surface area contributed by atoms with E-state index in [4.69, 9.17) is 0 Å². The molecule has 2 rings (SSSR count). The van der Waals surface area contributed by atoms with E-state index in [1.165, 1.54) is 5.56 Å². The van der Waals surface area contributed by atoms with Crippen molar-refractivity contribution in [2.24, 2.45) is 0 Å². The maximum atomic E-state index is 12.6. The molecule has 106 valence electrons. The minimum absolute atomic E-state index is 0.117. The van der Waals surface area contributed by atoms with E-state index in [2.05, 4.69) is 17.4 Å². The summed E-state index contributed by atoms with van der Waals surface area (Å²) >= 11 is 0. The molecule has 0 radical (unpaired) electrons. The summed E-state index contributed by atoms with van der Waals surface area (Å²) < 4.78 is 25.2. The lowest BCUT2D eigenvalue weighted by atomic mass is 10.1. The largest absolute Gasteiger partial charge is 0.312 e. The van der Waals surface area contributed by atoms with Gasteiger partial charge in [0, 0.05) is 18.6 Å². The average molecular weight is 268 g/mol. The Morgan fingerprint density at radius 2 is 2.05 bits per heavy atom. The highest BCUT2D eigenvalue weighted by Gasteiger charge is 2.24. The third-order valence-electron chi connectivity index (χ3n) is 3.77. The van der Waals surface area contributed by atoms with Gasteiger partial charge in [-0.15, -0.1) is 0 Å². The van der Waals surface area contributed by atoms with Crippen LogP contribution in [0.25, 0.3) is 0 Å². The fraction of sp³-hybridized carbons (Fsp3) is 0.600. The van der Waals surface area contributed by atoms with E-state index in [1.54, 1.807) is 0 Å². The van der Waals surface area contributed by atoms with E-state index in [0.717, 1.165) is 19.4 Å². The Morgan fingerprint density at radius 3 is 2.74 bits per heavy atom. The van der Waals surface area contributed by atoms with Crippen molar-refractivity contribution in [2.45, 2.75) is 38.3 Å². The van der Waals surface area contributed by atoms with Gasteiger partial charge >= 0.3 is 0 Å². The van der Waals surface area contributed by atoms with Crippen LogP contribution >= 0.6 is 0 Å². The number of benzene rings is 1. The second-order valence-electron chi connectivity index (χ2n) is 5.32. The average Bonchev–Trinajstić information content (AvgIpc) is 2.53. The Labute approximate surface area is 113 Å². The van der Waals surface area contributed by atoms with Gasteiger partial charge in [-0.3, -0.25) is 4.90 Å². The molecular weight excluding hydrogens is 246 g/mol. The molecule has 19 heavy (non-hydrogen) atoms. The molecule has 1 saturated heterocycles. The summed E-state index contributed by atoms with van der Waals surface area (Å²) in [4.78, 5) is 1.91. The lowest BCUT2D eigenvalue weighted by Crippen LogP contribution is -2.43. The van der Waals surface area contributed by atoms with E-state index in [-0.39, 0.29) is 18.6 Å². The van der Waals surface area contributed by atoms with Gasteiger partial charge < -0.3 is 5.32 Å². The smallest absolute Gasteiger partial charge is 0.251 e. The summed E-state index contributed by atoms with van der Waals surface area (Å²) in [7, 11) is 0. The number of alkyl halides is 2. The van der Waals surface area contributed by atoms with E-state index in [1.807, 2.05) is 30.0 Å². The highest BCUT2D eigenvalue weighted by Crippen LogP contribution is 2.14. The minimum Gasteiger partial charge on any atom is -0.312 e. The van der Waals surface area contributed by atoms with Crippen molar-refractivity contribution in [3.63, 3.8) is 0 Å². The predicted molar refractivity (Wildman–Crippen MR) is 73.6 cm³/mol. The number of halogens is 2. The fourth-order valence-corrected chi connectivity index (χ4v) is 2.67. The molecule has 0 bridgehead atoms. The van der Waals surface area contributed by atoms with E-state index >= 15 is 0 Å². The third-order valence-corrected chi connectivity index (χ3v) is 3.77. The van der Waals surface area contributed by atoms with Gasteiger partial charge in [0.15, 0.2) is 0 Å². The van der Waals surface area contributed by atoms with Crippen LogP contribution in [0.5, 0.6) is 0 Å². The highest BCUT2D eigenvalue weighted by molar-refractivity contribution is 5.16. The van der Waals surface area contributed by atoms with Crippen LogP contribution in [0.1, 0.15) is 18.9 Å². The predicted octanol–water partition coefficient (Wildman–Crippen LogP) is 2.55. The Hall–Kier alpha value is -1.00. The molecule has 1 aromatic carbocycles. The summed E-state index contributed by atoms with van der Waals surface area (Å²) in [5.41, 5.74) is 1.26. The van der Waals surface area contributed by atoms with Crippen LogP contribution in [-0.2, 0) is 6.42 Å². The van der Waals surface area contributed by atoms with Gasteiger partial charge in [0.1, 0.15) is 0 Å². The van der Waals surface area contributed by atoms with Crippen molar-refractivity contribution in [2.75, 3.05) is 19.6 Å². The zero-order valence-corrected chi connectivity index (χ0v) is 11.4. The normalized spacial score (nSPS) is 25.5. The standard InChI is InChI=1S/C15H22F2N2/c1-12-7-8-18-14(10-19(12)11-15(16)17)9-13-5-3-2-4-6-13/h2-6,12,14-15,18H,7-11H2,1H3. The minimum atomic E-state index is -2.25. The second-order valence-corrected chi connectivity index (χ2v) is 5.32. The molecule has 1 fully saturated rings. The third kappa shape index (κ3) is 4.55. The summed E-state index contributed by atoms with van der Waals surface area (Å²) in [5.74, 6) is 0. The number of hydrogen-bond donors (Lipinski definition) is 1. The van der Waals surface area contributed by atoms with Crippen molar-refractivity contribution < 1.29 is 8.78 Å². The van der Waals surface area contributed by atoms with Crippen LogP contribution in [-0.4, -0.2) is 43.0 Å². The lowest BCUT2D eigenvalue weighted by molar-refractivity contribution is 0.0685. The number of nitrogens with one attached hydrogen (secondary N) is 1. The van der Waals surface area contributed by atoms with E-state index in [9.17, 15) is 8.78 Å². The molecule has 0 amide bonds. The summed E-state index contributed by atoms with van der Waals surface area (Å²) in [5, 5.41) is 3.48. The molecular formula is C15H22F2N2. The fourth-order valence-electron chi connectivity index (χ4n) is 2.67. The summed E-state index contributed by atoms with van der Waals surface area (Å²) in [6, 6.07) is 10.7. The van der Waals surface area contributed by atoms with Crippen LogP contribution in [0.2, 0.25) is 0 Å². The van der Waals surface area contributed by atoms with Crippen LogP contribution < -0.4 is 5.32 Å². The first-order valence-electron chi connectivity index (χ1n) is 6.94. The van der Waals surface area contributed by atoms with E-state index < -0.39 is 6.43 Å². The van der Waals surface area contributed by atoms with Gasteiger partial charge in [-0.05, 0) is 31.9 Å². The molecule has 1 aliphatic rings. The second kappa shape index (κ2) is 6.96. The van der Waals surface area contributed by atoms with Crippen molar-refractivity contribution >= 4 is 0 Å². The molecule has 4 heteroatoms. The molecule has 1 aromatic rings. The number of nitrogens with zero attached hydrogens (tertiary/aromatic N) is 1. The van der Waals surface area contributed by atoms with Crippen molar-refractivity contribution in [3.8, 4) is 0 Å². The number of rotatable bonds is 4. The highest BCUT2D eigenvalue weighted by atomic mass is 19.3. The first kappa shape index (κ1) is 14.4. The molecule has 0 aliphatic carbocycles. The maximum Gasteiger partial charge on any atom is 0.251 e. The zero-order chi connectivity index (χ0) is 13.7. The first-order chi connectivity index (χ1) is 9.15. The van der Waals surface area contributed by atoms with Crippen molar-refractivity contribution in [3.05, 3.63) is 35.9 Å². The molecule has 0 saturated carbocycles. The van der Waals surface area contributed by atoms with Crippen LogP contribution in [0.15, 0.2) is 30.3 Å². The maximum absolute atomic E-state index is 12.6. The summed E-state index contributed by atoms with van der Waals surface area (Å²) in [6.07, 6.45) is -0.427. The van der Waals surface area contributed by atoms with Crippen molar-refractivity contribution in [1.82, 2.24) is 10.2 Å². The Morgan fingerprint density at radius 1 is 1.32 bits per heavy atom. The molecule has 1 heterocycles. The molecule has 1 aliphatic heterocycles. The first-order valence-corrected chi connectivity index (χ1v) is 6.94. The Balaban J connectivity index is 1.97. The quantitative estimate of drug-likeness (QED) is 0.903. The monoisotopic (exact) mass is 268 g/mol. The topological polar surface area (TPSA) is 15.3 Å². The van der Waals surface area contributed by atoms with Gasteiger partial charge in [0.25, 0.3) is 6.43 Å². The van der Waals surface area contributed by atoms with Gasteiger partial charge in [-0.25, -0.2) is 8.78 Å². The van der Waals surface area contributed by atoms with Crippen LogP contribution in [0.3, 0.4) is 0 Å². The molecule has 0 aromatic heterocycles. The zero-order valence-electron chi connectivity index (χ0n) is 11.4. The SMILES string of the molecule is CC1CCNC(Cc2ccccc2)CN1CC(F)F. The van der Waals surface area contributed by atoms with E-state index in [0.29, 0.717) is 6.54 Å². The van der Waals surface area contributed by atoms with Gasteiger partial charge in [0.05, 0.1) is 6.54 Å². The molecule has 2 unspecified atom stereocenters. The molecule has 2 atom stereocenters. The molecule has 0 spiro atoms. The van der Waals surface area contributed by atoms with Gasteiger partial charge in [-0.1, -0.05) is 30.3 Å². The van der Waals surface area contributed by atoms with Gasteiger partial charge in [-0.2, -0.15) is 0 Å².